The standard InChI is InChI=1S/C14H18ClNO3S/c1-14(13(18)19)5-2-6-16(9-14)12(17)4-3-11-7-10(15)8-20-11/h7-8H,2-6,9H2,1H3,(H,18,19). The number of thiophene rings is 1. The van der Waals surface area contributed by atoms with Crippen LogP contribution in [-0.2, 0) is 16.0 Å². The SMILES string of the molecule is CC1(C(=O)O)CCCN(C(=O)CCc2cc(Cl)cs2)C1. The molecule has 1 fully saturated rings. The summed E-state index contributed by atoms with van der Waals surface area (Å²) < 4.78 is 0. The van der Waals surface area contributed by atoms with Gasteiger partial charge in [-0.15, -0.1) is 11.3 Å². The Bertz CT molecular complexity index is 516. The van der Waals surface area contributed by atoms with Crippen LogP contribution in [0.25, 0.3) is 0 Å². The molecule has 2 heterocycles. The summed E-state index contributed by atoms with van der Waals surface area (Å²) in [5.74, 6) is -0.790. The molecule has 0 bridgehead atoms. The molecule has 1 N–H and O–H groups in total. The van der Waals surface area contributed by atoms with Crippen LogP contribution < -0.4 is 0 Å². The van der Waals surface area contributed by atoms with Crippen LogP contribution in [0.3, 0.4) is 0 Å². The van der Waals surface area contributed by atoms with Crippen molar-refractivity contribution in [2.75, 3.05) is 13.1 Å². The number of aryl methyl sites for hydroxylation is 1. The highest BCUT2D eigenvalue weighted by Crippen LogP contribution is 2.30. The number of piperidine rings is 1. The first-order valence-electron chi connectivity index (χ1n) is 6.65. The maximum absolute atomic E-state index is 12.2. The van der Waals surface area contributed by atoms with E-state index in [1.165, 1.54) is 0 Å². The Morgan fingerprint density at radius 1 is 1.55 bits per heavy atom. The summed E-state index contributed by atoms with van der Waals surface area (Å²) in [5.41, 5.74) is -0.805. The fraction of sp³-hybridized carbons (Fsp3) is 0.571. The average Bonchev–Trinajstić information content (AvgIpc) is 2.81. The number of carboxylic acids is 1. The number of nitrogens with zero attached hydrogens (tertiary/aromatic N) is 1. The molecule has 0 saturated carbocycles. The summed E-state index contributed by atoms with van der Waals surface area (Å²) in [4.78, 5) is 26.2. The predicted molar refractivity (Wildman–Crippen MR) is 79.2 cm³/mol. The number of carbonyl (C=O) groups excluding carboxylic acids is 1. The number of carbonyl (C=O) groups is 2. The number of aliphatic carboxylic acids is 1. The zero-order chi connectivity index (χ0) is 14.8. The van der Waals surface area contributed by atoms with Crippen molar-refractivity contribution in [2.45, 2.75) is 32.6 Å². The molecule has 1 amide bonds. The van der Waals surface area contributed by atoms with Gasteiger partial charge < -0.3 is 10.0 Å². The lowest BCUT2D eigenvalue weighted by Crippen LogP contribution is -2.48. The Balaban J connectivity index is 1.90. The van der Waals surface area contributed by atoms with Crippen molar-refractivity contribution in [1.29, 1.82) is 0 Å². The van der Waals surface area contributed by atoms with Gasteiger partial charge in [-0.05, 0) is 32.3 Å². The number of amides is 1. The van der Waals surface area contributed by atoms with Gasteiger partial charge in [0.1, 0.15) is 0 Å². The van der Waals surface area contributed by atoms with E-state index in [0.29, 0.717) is 37.4 Å². The van der Waals surface area contributed by atoms with Crippen LogP contribution in [0.2, 0.25) is 5.02 Å². The zero-order valence-electron chi connectivity index (χ0n) is 11.4. The molecule has 0 spiro atoms. The third-order valence-electron chi connectivity index (χ3n) is 3.77. The van der Waals surface area contributed by atoms with Gasteiger partial charge in [-0.2, -0.15) is 0 Å². The molecule has 20 heavy (non-hydrogen) atoms. The maximum Gasteiger partial charge on any atom is 0.311 e. The van der Waals surface area contributed by atoms with Gasteiger partial charge in [0.05, 0.1) is 10.4 Å². The lowest BCUT2D eigenvalue weighted by molar-refractivity contribution is -0.153. The maximum atomic E-state index is 12.2. The van der Waals surface area contributed by atoms with Crippen molar-refractivity contribution < 1.29 is 14.7 Å². The molecule has 1 aromatic heterocycles. The van der Waals surface area contributed by atoms with Crippen LogP contribution >= 0.6 is 22.9 Å². The number of hydrogen-bond acceptors (Lipinski definition) is 3. The third kappa shape index (κ3) is 3.52. The second kappa shape index (κ2) is 6.14. The molecular formula is C14H18ClNO3S. The fourth-order valence-corrected chi connectivity index (χ4v) is 3.58. The van der Waals surface area contributed by atoms with Crippen molar-refractivity contribution in [1.82, 2.24) is 4.90 Å². The average molecular weight is 316 g/mol. The van der Waals surface area contributed by atoms with Crippen LogP contribution in [0.5, 0.6) is 0 Å². The van der Waals surface area contributed by atoms with E-state index in [1.54, 1.807) is 23.2 Å². The van der Waals surface area contributed by atoms with Crippen molar-refractivity contribution in [2.24, 2.45) is 5.41 Å². The Morgan fingerprint density at radius 3 is 2.90 bits per heavy atom. The van der Waals surface area contributed by atoms with Gasteiger partial charge in [0.2, 0.25) is 5.91 Å². The Hall–Kier alpha value is -1.07. The van der Waals surface area contributed by atoms with Crippen LogP contribution in [0.4, 0.5) is 0 Å². The smallest absolute Gasteiger partial charge is 0.311 e. The first-order chi connectivity index (χ1) is 9.40. The van der Waals surface area contributed by atoms with E-state index in [0.717, 1.165) is 11.3 Å². The quantitative estimate of drug-likeness (QED) is 0.929. The molecule has 4 nitrogen and oxygen atoms in total. The minimum absolute atomic E-state index is 0.0293. The van der Waals surface area contributed by atoms with E-state index in [2.05, 4.69) is 0 Å². The molecule has 2 rings (SSSR count). The number of halogens is 1. The van der Waals surface area contributed by atoms with Gasteiger partial charge in [-0.3, -0.25) is 9.59 Å². The van der Waals surface area contributed by atoms with E-state index in [4.69, 9.17) is 11.6 Å². The van der Waals surface area contributed by atoms with E-state index < -0.39 is 11.4 Å². The van der Waals surface area contributed by atoms with Gasteiger partial charge >= 0.3 is 5.97 Å². The molecule has 6 heteroatoms. The molecule has 0 aromatic carbocycles. The summed E-state index contributed by atoms with van der Waals surface area (Å²) >= 11 is 7.39. The third-order valence-corrected chi connectivity index (χ3v) is 5.12. The van der Waals surface area contributed by atoms with Crippen LogP contribution in [0.15, 0.2) is 11.4 Å². The van der Waals surface area contributed by atoms with Gasteiger partial charge in [0.15, 0.2) is 0 Å². The number of likely N-dealkylation sites (tertiary alicyclic amines) is 1. The highest BCUT2D eigenvalue weighted by Gasteiger charge is 2.39. The first-order valence-corrected chi connectivity index (χ1v) is 7.90. The lowest BCUT2D eigenvalue weighted by atomic mass is 9.82. The molecule has 0 radical (unpaired) electrons. The summed E-state index contributed by atoms with van der Waals surface area (Å²) in [7, 11) is 0. The molecule has 1 aromatic rings. The molecule has 0 aliphatic carbocycles. The molecule has 1 saturated heterocycles. The van der Waals surface area contributed by atoms with Gasteiger partial charge in [-0.25, -0.2) is 0 Å². The van der Waals surface area contributed by atoms with Crippen molar-refractivity contribution >= 4 is 34.8 Å². The highest BCUT2D eigenvalue weighted by molar-refractivity contribution is 7.10. The van der Waals surface area contributed by atoms with Crippen molar-refractivity contribution in [3.8, 4) is 0 Å². The second-order valence-corrected chi connectivity index (χ2v) is 6.95. The molecule has 1 aliphatic heterocycles. The first kappa shape index (κ1) is 15.3. The summed E-state index contributed by atoms with van der Waals surface area (Å²) in [6, 6.07) is 1.87. The Labute approximate surface area is 127 Å². The molecular weight excluding hydrogens is 298 g/mol. The normalized spacial score (nSPS) is 22.8. The Kier molecular flexibility index (Phi) is 4.70. The monoisotopic (exact) mass is 315 g/mol. The second-order valence-electron chi connectivity index (χ2n) is 5.52. The predicted octanol–water partition coefficient (Wildman–Crippen LogP) is 3.05. The lowest BCUT2D eigenvalue weighted by Gasteiger charge is -2.37. The zero-order valence-corrected chi connectivity index (χ0v) is 13.0. The van der Waals surface area contributed by atoms with Gasteiger partial charge in [-0.1, -0.05) is 11.6 Å². The number of rotatable bonds is 4. The number of carboxylic acid groups (broad SMARTS) is 1. The molecule has 1 atom stereocenters. The number of hydrogen-bond donors (Lipinski definition) is 1. The fourth-order valence-electron chi connectivity index (χ4n) is 2.50. The van der Waals surface area contributed by atoms with Crippen LogP contribution in [0, 0.1) is 5.41 Å². The van der Waals surface area contributed by atoms with E-state index in [9.17, 15) is 14.7 Å². The van der Waals surface area contributed by atoms with E-state index in [1.807, 2.05) is 11.4 Å². The molecule has 1 unspecified atom stereocenters. The summed E-state index contributed by atoms with van der Waals surface area (Å²) in [6.07, 6.45) is 2.45. The minimum atomic E-state index is -0.819. The van der Waals surface area contributed by atoms with Gasteiger partial charge in [0.25, 0.3) is 0 Å². The van der Waals surface area contributed by atoms with Crippen molar-refractivity contribution in [3.63, 3.8) is 0 Å². The van der Waals surface area contributed by atoms with Gasteiger partial charge in [0, 0.05) is 29.8 Å². The van der Waals surface area contributed by atoms with E-state index in [-0.39, 0.29) is 5.91 Å². The highest BCUT2D eigenvalue weighted by atomic mass is 35.5. The van der Waals surface area contributed by atoms with Crippen molar-refractivity contribution in [3.05, 3.63) is 21.3 Å². The largest absolute Gasteiger partial charge is 0.481 e. The molecule has 1 aliphatic rings. The summed E-state index contributed by atoms with van der Waals surface area (Å²) in [6.45, 7) is 2.69. The summed E-state index contributed by atoms with van der Waals surface area (Å²) in [5, 5.41) is 11.8. The minimum Gasteiger partial charge on any atom is -0.481 e. The topological polar surface area (TPSA) is 57.6 Å². The van der Waals surface area contributed by atoms with E-state index >= 15 is 0 Å². The van der Waals surface area contributed by atoms with Crippen LogP contribution in [-0.4, -0.2) is 35.0 Å². The Morgan fingerprint density at radius 2 is 2.30 bits per heavy atom. The van der Waals surface area contributed by atoms with Crippen LogP contribution in [0.1, 0.15) is 31.1 Å². The molecule has 110 valence electrons.